The maximum Gasteiger partial charge on any atom is 0.257 e. The van der Waals surface area contributed by atoms with E-state index in [0.717, 1.165) is 27.8 Å². The average Bonchev–Trinajstić information content (AvgIpc) is 2.94. The fourth-order valence-electron chi connectivity index (χ4n) is 2.12. The van der Waals surface area contributed by atoms with Crippen molar-refractivity contribution in [3.63, 3.8) is 0 Å². The molecule has 1 N–H and O–H groups in total. The third-order valence-corrected chi connectivity index (χ3v) is 3.90. The lowest BCUT2D eigenvalue weighted by Gasteiger charge is -2.15. The van der Waals surface area contributed by atoms with Crippen molar-refractivity contribution in [1.29, 1.82) is 0 Å². The van der Waals surface area contributed by atoms with Gasteiger partial charge >= 0.3 is 0 Å². The summed E-state index contributed by atoms with van der Waals surface area (Å²) in [5.74, 6) is 2.09. The minimum atomic E-state index is 0. The number of nitrogens with zero attached hydrogens (tertiary/aromatic N) is 2. The van der Waals surface area contributed by atoms with E-state index in [2.05, 4.69) is 38.3 Å². The summed E-state index contributed by atoms with van der Waals surface area (Å²) >= 11 is 3.46. The van der Waals surface area contributed by atoms with Gasteiger partial charge in [0.2, 0.25) is 0 Å². The van der Waals surface area contributed by atoms with Crippen molar-refractivity contribution in [3.8, 4) is 5.75 Å². The van der Waals surface area contributed by atoms with Gasteiger partial charge < -0.3 is 14.6 Å². The lowest BCUT2D eigenvalue weighted by atomic mass is 10.1. The zero-order chi connectivity index (χ0) is 14.8. The Morgan fingerprint density at radius 2 is 2.23 bits per heavy atom. The fraction of sp³-hybridized carbons (Fsp3) is 0.333. The number of rotatable bonds is 4. The molecule has 2 heterocycles. The van der Waals surface area contributed by atoms with Crippen molar-refractivity contribution in [2.75, 3.05) is 13.7 Å². The summed E-state index contributed by atoms with van der Waals surface area (Å²) in [6, 6.07) is 6.22. The third-order valence-electron chi connectivity index (χ3n) is 3.41. The number of nitrogens with one attached hydrogen (secondary N) is 1. The molecular weight excluding hydrogens is 370 g/mol. The Hall–Kier alpha value is -1.37. The standard InChI is InChI=1S/C15H16BrN3O2.ClH/c1-9(17-2)5-14-18-15(21-19-14)11-6-10-7-12(16)3-4-13(10)20-8-11;/h3-4,6-7,9,17H,5,8H2,1-2H3;1H. The average molecular weight is 387 g/mol. The molecule has 0 bridgehead atoms. The summed E-state index contributed by atoms with van der Waals surface area (Å²) in [6.07, 6.45) is 2.76. The Labute approximate surface area is 143 Å². The molecule has 0 amide bonds. The number of hydrogen-bond donors (Lipinski definition) is 1. The lowest BCUT2D eigenvalue weighted by Crippen LogP contribution is -2.24. The molecule has 0 aliphatic carbocycles. The molecular formula is C15H17BrClN3O2. The first kappa shape index (κ1) is 17.0. The van der Waals surface area contributed by atoms with Gasteiger partial charge in [0, 0.05) is 22.5 Å². The number of benzene rings is 1. The molecule has 1 aliphatic heterocycles. The maximum absolute atomic E-state index is 5.73. The van der Waals surface area contributed by atoms with Crippen molar-refractivity contribution in [2.45, 2.75) is 19.4 Å². The van der Waals surface area contributed by atoms with Gasteiger partial charge in [-0.05, 0) is 38.2 Å². The summed E-state index contributed by atoms with van der Waals surface area (Å²) in [5, 5.41) is 7.18. The van der Waals surface area contributed by atoms with E-state index in [1.807, 2.05) is 31.3 Å². The van der Waals surface area contributed by atoms with Crippen molar-refractivity contribution in [1.82, 2.24) is 15.5 Å². The van der Waals surface area contributed by atoms with Gasteiger partial charge in [0.25, 0.3) is 5.89 Å². The number of halogens is 2. The minimum absolute atomic E-state index is 0. The Kier molecular flexibility index (Phi) is 5.61. The molecule has 1 aromatic heterocycles. The predicted molar refractivity (Wildman–Crippen MR) is 91.3 cm³/mol. The van der Waals surface area contributed by atoms with Crippen LogP contribution in [0.1, 0.15) is 24.2 Å². The first-order chi connectivity index (χ1) is 10.2. The monoisotopic (exact) mass is 385 g/mol. The Bertz CT molecular complexity index is 687. The lowest BCUT2D eigenvalue weighted by molar-refractivity contribution is 0.350. The first-order valence-corrected chi connectivity index (χ1v) is 7.58. The molecule has 7 heteroatoms. The van der Waals surface area contributed by atoms with E-state index >= 15 is 0 Å². The van der Waals surface area contributed by atoms with Gasteiger partial charge in [-0.15, -0.1) is 12.4 Å². The van der Waals surface area contributed by atoms with Crippen molar-refractivity contribution in [3.05, 3.63) is 40.0 Å². The number of fused-ring (bicyclic) bond motifs is 1. The molecule has 1 unspecified atom stereocenters. The highest BCUT2D eigenvalue weighted by Crippen LogP contribution is 2.31. The molecule has 1 atom stereocenters. The zero-order valence-electron chi connectivity index (χ0n) is 12.3. The third kappa shape index (κ3) is 3.69. The molecule has 118 valence electrons. The van der Waals surface area contributed by atoms with Crippen molar-refractivity contribution in [2.24, 2.45) is 0 Å². The highest BCUT2D eigenvalue weighted by Gasteiger charge is 2.18. The molecule has 2 aromatic rings. The van der Waals surface area contributed by atoms with E-state index in [4.69, 9.17) is 9.26 Å². The van der Waals surface area contributed by atoms with E-state index in [1.165, 1.54) is 0 Å². The molecule has 0 saturated heterocycles. The highest BCUT2D eigenvalue weighted by atomic mass is 79.9. The van der Waals surface area contributed by atoms with Crippen LogP contribution in [-0.2, 0) is 6.42 Å². The van der Waals surface area contributed by atoms with Crippen LogP contribution in [0, 0.1) is 0 Å². The molecule has 0 fully saturated rings. The topological polar surface area (TPSA) is 60.2 Å². The fourth-order valence-corrected chi connectivity index (χ4v) is 2.49. The van der Waals surface area contributed by atoms with Crippen LogP contribution in [0.3, 0.4) is 0 Å². The Morgan fingerprint density at radius 3 is 3.00 bits per heavy atom. The van der Waals surface area contributed by atoms with E-state index < -0.39 is 0 Å². The molecule has 1 aromatic carbocycles. The number of ether oxygens (including phenoxy) is 1. The van der Waals surface area contributed by atoms with Gasteiger partial charge in [0.05, 0.1) is 5.57 Å². The smallest absolute Gasteiger partial charge is 0.257 e. The van der Waals surface area contributed by atoms with Gasteiger partial charge in [-0.3, -0.25) is 0 Å². The second kappa shape index (κ2) is 7.26. The maximum atomic E-state index is 5.73. The second-order valence-electron chi connectivity index (χ2n) is 5.05. The van der Waals surface area contributed by atoms with Crippen molar-refractivity contribution >= 4 is 40.0 Å². The van der Waals surface area contributed by atoms with Crippen LogP contribution < -0.4 is 10.1 Å². The second-order valence-corrected chi connectivity index (χ2v) is 5.97. The van der Waals surface area contributed by atoms with Crippen LogP contribution in [-0.4, -0.2) is 29.8 Å². The van der Waals surface area contributed by atoms with Gasteiger partial charge in [-0.2, -0.15) is 4.98 Å². The summed E-state index contributed by atoms with van der Waals surface area (Å²) in [4.78, 5) is 4.44. The van der Waals surface area contributed by atoms with Crippen LogP contribution >= 0.6 is 28.3 Å². The SMILES string of the molecule is CNC(C)Cc1noc(C2=Cc3cc(Br)ccc3OC2)n1.Cl. The van der Waals surface area contributed by atoms with Crippen LogP contribution in [0.15, 0.2) is 27.2 Å². The molecule has 22 heavy (non-hydrogen) atoms. The van der Waals surface area contributed by atoms with Gasteiger partial charge in [0.1, 0.15) is 12.4 Å². The van der Waals surface area contributed by atoms with Crippen molar-refractivity contribution < 1.29 is 9.26 Å². The summed E-state index contributed by atoms with van der Waals surface area (Å²) in [6.45, 7) is 2.52. The molecule has 1 aliphatic rings. The molecule has 0 radical (unpaired) electrons. The Balaban J connectivity index is 0.00000176. The molecule has 5 nitrogen and oxygen atoms in total. The largest absolute Gasteiger partial charge is 0.488 e. The summed E-state index contributed by atoms with van der Waals surface area (Å²) < 4.78 is 12.1. The predicted octanol–water partition coefficient (Wildman–Crippen LogP) is 3.34. The van der Waals surface area contributed by atoms with Crippen LogP contribution in [0.4, 0.5) is 0 Å². The molecule has 0 spiro atoms. The molecule has 3 rings (SSSR count). The first-order valence-electron chi connectivity index (χ1n) is 6.79. The summed E-state index contributed by atoms with van der Waals surface area (Å²) in [5.41, 5.74) is 1.91. The quantitative estimate of drug-likeness (QED) is 0.873. The normalized spacial score (nSPS) is 14.4. The van der Waals surface area contributed by atoms with Crippen LogP contribution in [0.25, 0.3) is 11.6 Å². The van der Waals surface area contributed by atoms with E-state index in [1.54, 1.807) is 0 Å². The van der Waals surface area contributed by atoms with Gasteiger partial charge in [0.15, 0.2) is 5.82 Å². The van der Waals surface area contributed by atoms with E-state index in [-0.39, 0.29) is 12.4 Å². The van der Waals surface area contributed by atoms with E-state index in [9.17, 15) is 0 Å². The summed E-state index contributed by atoms with van der Waals surface area (Å²) in [7, 11) is 1.91. The van der Waals surface area contributed by atoms with E-state index in [0.29, 0.717) is 24.4 Å². The minimum Gasteiger partial charge on any atom is -0.488 e. The Morgan fingerprint density at radius 1 is 1.41 bits per heavy atom. The van der Waals surface area contributed by atoms with Gasteiger partial charge in [-0.1, -0.05) is 21.1 Å². The van der Waals surface area contributed by atoms with Gasteiger partial charge in [-0.25, -0.2) is 0 Å². The zero-order valence-corrected chi connectivity index (χ0v) is 14.7. The number of likely N-dealkylation sites (N-methyl/N-ethyl adjacent to an activating group) is 1. The number of hydrogen-bond acceptors (Lipinski definition) is 5. The number of aromatic nitrogens is 2. The molecule has 0 saturated carbocycles. The van der Waals surface area contributed by atoms with Crippen LogP contribution in [0.2, 0.25) is 0 Å². The van der Waals surface area contributed by atoms with Crippen LogP contribution in [0.5, 0.6) is 5.75 Å². The highest BCUT2D eigenvalue weighted by molar-refractivity contribution is 9.10.